The van der Waals surface area contributed by atoms with Gasteiger partial charge in [0.15, 0.2) is 0 Å². The number of piperidine rings is 2. The van der Waals surface area contributed by atoms with Gasteiger partial charge in [-0.15, -0.1) is 0 Å². The number of carbonyl (C=O) groups is 1. The summed E-state index contributed by atoms with van der Waals surface area (Å²) in [6, 6.07) is 10.6. The van der Waals surface area contributed by atoms with Crippen LogP contribution in [0.2, 0.25) is 0 Å². The molecule has 3 rings (SSSR count). The van der Waals surface area contributed by atoms with Crippen molar-refractivity contribution in [3.05, 3.63) is 35.9 Å². The number of hydrogen-bond acceptors (Lipinski definition) is 3. The molecule has 2 fully saturated rings. The second kappa shape index (κ2) is 8.33. The van der Waals surface area contributed by atoms with Gasteiger partial charge in [0.25, 0.3) is 0 Å². The maximum atomic E-state index is 12.9. The fourth-order valence-corrected chi connectivity index (χ4v) is 4.34. The first-order valence-electron chi connectivity index (χ1n) is 9.77. The van der Waals surface area contributed by atoms with E-state index >= 15 is 0 Å². The molecule has 2 aliphatic heterocycles. The molecular formula is C21H32N2O2. The van der Waals surface area contributed by atoms with Gasteiger partial charge in [0.05, 0.1) is 6.04 Å². The van der Waals surface area contributed by atoms with Gasteiger partial charge in [0, 0.05) is 19.7 Å². The SMILES string of the molecule is CN1CCCCC1C(=O)N1CCC(CO)(CCc2ccccc2)CC1. The lowest BCUT2D eigenvalue weighted by Crippen LogP contribution is -2.53. The van der Waals surface area contributed by atoms with Crippen LogP contribution in [0.1, 0.15) is 44.1 Å². The number of carbonyl (C=O) groups excluding carboxylic acids is 1. The maximum absolute atomic E-state index is 12.9. The molecule has 1 aromatic rings. The van der Waals surface area contributed by atoms with Crippen molar-refractivity contribution in [3.8, 4) is 0 Å². The Morgan fingerprint density at radius 3 is 2.52 bits per heavy atom. The monoisotopic (exact) mass is 344 g/mol. The Balaban J connectivity index is 1.54. The van der Waals surface area contributed by atoms with Crippen LogP contribution in [-0.2, 0) is 11.2 Å². The molecule has 0 aliphatic carbocycles. The Bertz CT molecular complexity index is 552. The van der Waals surface area contributed by atoms with E-state index < -0.39 is 0 Å². The van der Waals surface area contributed by atoms with Crippen molar-refractivity contribution in [2.75, 3.05) is 33.3 Å². The van der Waals surface area contributed by atoms with Crippen LogP contribution in [0.5, 0.6) is 0 Å². The van der Waals surface area contributed by atoms with E-state index in [1.54, 1.807) is 0 Å². The van der Waals surface area contributed by atoms with Crippen LogP contribution in [-0.4, -0.2) is 60.1 Å². The second-order valence-electron chi connectivity index (χ2n) is 7.96. The zero-order valence-corrected chi connectivity index (χ0v) is 15.5. The van der Waals surface area contributed by atoms with E-state index in [1.807, 2.05) is 11.0 Å². The molecule has 1 aromatic carbocycles. The van der Waals surface area contributed by atoms with E-state index in [-0.39, 0.29) is 18.1 Å². The number of likely N-dealkylation sites (tertiary alicyclic amines) is 2. The van der Waals surface area contributed by atoms with Crippen molar-refractivity contribution in [2.45, 2.75) is 51.0 Å². The fourth-order valence-electron chi connectivity index (χ4n) is 4.34. The van der Waals surface area contributed by atoms with Crippen molar-refractivity contribution in [1.82, 2.24) is 9.80 Å². The molecule has 1 unspecified atom stereocenters. The van der Waals surface area contributed by atoms with Crippen LogP contribution >= 0.6 is 0 Å². The number of nitrogens with zero attached hydrogens (tertiary/aromatic N) is 2. The largest absolute Gasteiger partial charge is 0.396 e. The summed E-state index contributed by atoms with van der Waals surface area (Å²) in [4.78, 5) is 17.1. The van der Waals surface area contributed by atoms with E-state index in [1.165, 1.54) is 12.0 Å². The van der Waals surface area contributed by atoms with E-state index in [4.69, 9.17) is 0 Å². The topological polar surface area (TPSA) is 43.8 Å². The summed E-state index contributed by atoms with van der Waals surface area (Å²) < 4.78 is 0. The molecule has 0 saturated carbocycles. The van der Waals surface area contributed by atoms with Crippen LogP contribution in [0.15, 0.2) is 30.3 Å². The van der Waals surface area contributed by atoms with Gasteiger partial charge in [-0.05, 0) is 63.1 Å². The Hall–Kier alpha value is -1.39. The van der Waals surface area contributed by atoms with Crippen LogP contribution in [0, 0.1) is 5.41 Å². The average Bonchev–Trinajstić information content (AvgIpc) is 2.67. The zero-order valence-electron chi connectivity index (χ0n) is 15.5. The van der Waals surface area contributed by atoms with Crippen molar-refractivity contribution in [3.63, 3.8) is 0 Å². The van der Waals surface area contributed by atoms with Crippen molar-refractivity contribution in [2.24, 2.45) is 5.41 Å². The van der Waals surface area contributed by atoms with E-state index in [0.29, 0.717) is 5.91 Å². The molecule has 4 nitrogen and oxygen atoms in total. The average molecular weight is 344 g/mol. The quantitative estimate of drug-likeness (QED) is 0.893. The summed E-state index contributed by atoms with van der Waals surface area (Å²) in [5.41, 5.74) is 1.31. The van der Waals surface area contributed by atoms with Crippen molar-refractivity contribution < 1.29 is 9.90 Å². The van der Waals surface area contributed by atoms with Crippen LogP contribution < -0.4 is 0 Å². The first-order valence-corrected chi connectivity index (χ1v) is 9.77. The molecule has 0 radical (unpaired) electrons. The van der Waals surface area contributed by atoms with Gasteiger partial charge >= 0.3 is 0 Å². The highest BCUT2D eigenvalue weighted by Gasteiger charge is 2.37. The molecular weight excluding hydrogens is 312 g/mol. The van der Waals surface area contributed by atoms with Gasteiger partial charge in [-0.25, -0.2) is 0 Å². The first-order chi connectivity index (χ1) is 12.1. The second-order valence-corrected chi connectivity index (χ2v) is 7.96. The van der Waals surface area contributed by atoms with Crippen LogP contribution in [0.3, 0.4) is 0 Å². The minimum Gasteiger partial charge on any atom is -0.396 e. The lowest BCUT2D eigenvalue weighted by Gasteiger charge is -2.43. The smallest absolute Gasteiger partial charge is 0.239 e. The Kier molecular flexibility index (Phi) is 6.13. The summed E-state index contributed by atoms with van der Waals surface area (Å²) in [6.45, 7) is 2.84. The number of aliphatic hydroxyl groups excluding tert-OH is 1. The third kappa shape index (κ3) is 4.42. The highest BCUT2D eigenvalue weighted by atomic mass is 16.3. The standard InChI is InChI=1S/C21H32N2O2/c1-22-14-6-5-9-19(22)20(25)23-15-12-21(17-24,13-16-23)11-10-18-7-3-2-4-8-18/h2-4,7-8,19,24H,5-6,9-17H2,1H3. The highest BCUT2D eigenvalue weighted by Crippen LogP contribution is 2.36. The summed E-state index contributed by atoms with van der Waals surface area (Å²) in [7, 11) is 2.07. The van der Waals surface area contributed by atoms with Crippen molar-refractivity contribution >= 4 is 5.91 Å². The maximum Gasteiger partial charge on any atom is 0.239 e. The summed E-state index contributed by atoms with van der Waals surface area (Å²) in [5.74, 6) is 0.303. The molecule has 138 valence electrons. The molecule has 1 atom stereocenters. The molecule has 2 aliphatic rings. The molecule has 0 spiro atoms. The third-order valence-electron chi connectivity index (χ3n) is 6.31. The van der Waals surface area contributed by atoms with E-state index in [0.717, 1.165) is 58.2 Å². The Morgan fingerprint density at radius 1 is 1.16 bits per heavy atom. The first kappa shape index (κ1) is 18.4. The number of aliphatic hydroxyl groups is 1. The fraction of sp³-hybridized carbons (Fsp3) is 0.667. The van der Waals surface area contributed by atoms with E-state index in [9.17, 15) is 9.90 Å². The molecule has 2 saturated heterocycles. The third-order valence-corrected chi connectivity index (χ3v) is 6.31. The Morgan fingerprint density at radius 2 is 1.88 bits per heavy atom. The number of amides is 1. The molecule has 4 heteroatoms. The predicted molar refractivity (Wildman–Crippen MR) is 100 cm³/mol. The number of benzene rings is 1. The van der Waals surface area contributed by atoms with Gasteiger partial charge < -0.3 is 10.0 Å². The number of rotatable bonds is 5. The lowest BCUT2D eigenvalue weighted by atomic mass is 9.74. The number of likely N-dealkylation sites (N-methyl/N-ethyl adjacent to an activating group) is 1. The van der Waals surface area contributed by atoms with Gasteiger partial charge in [0.1, 0.15) is 0 Å². The minimum atomic E-state index is -0.0227. The van der Waals surface area contributed by atoms with Crippen molar-refractivity contribution in [1.29, 1.82) is 0 Å². The normalized spacial score (nSPS) is 24.2. The molecule has 0 aromatic heterocycles. The lowest BCUT2D eigenvalue weighted by molar-refractivity contribution is -0.140. The number of hydrogen-bond donors (Lipinski definition) is 1. The molecule has 1 N–H and O–H groups in total. The molecule has 0 bridgehead atoms. The predicted octanol–water partition coefficient (Wildman–Crippen LogP) is 2.70. The minimum absolute atomic E-state index is 0.0227. The summed E-state index contributed by atoms with van der Waals surface area (Å²) in [6.07, 6.45) is 7.18. The van der Waals surface area contributed by atoms with Crippen LogP contribution in [0.4, 0.5) is 0 Å². The number of aryl methyl sites for hydroxylation is 1. The Labute approximate surface area is 151 Å². The molecule has 1 amide bonds. The highest BCUT2D eigenvalue weighted by molar-refractivity contribution is 5.82. The van der Waals surface area contributed by atoms with Gasteiger partial charge in [0.2, 0.25) is 5.91 Å². The summed E-state index contributed by atoms with van der Waals surface area (Å²) >= 11 is 0. The molecule has 25 heavy (non-hydrogen) atoms. The van der Waals surface area contributed by atoms with Crippen LogP contribution in [0.25, 0.3) is 0 Å². The zero-order chi connectivity index (χ0) is 17.7. The van der Waals surface area contributed by atoms with Gasteiger partial charge in [-0.2, -0.15) is 0 Å². The van der Waals surface area contributed by atoms with Gasteiger partial charge in [-0.1, -0.05) is 36.8 Å². The molecule has 2 heterocycles. The van der Waals surface area contributed by atoms with Gasteiger partial charge in [-0.3, -0.25) is 9.69 Å². The summed E-state index contributed by atoms with van der Waals surface area (Å²) in [5, 5.41) is 10.0. The van der Waals surface area contributed by atoms with E-state index in [2.05, 4.69) is 36.2 Å².